The molecule has 0 bridgehead atoms. The second-order valence-electron chi connectivity index (χ2n) is 3.25. The summed E-state index contributed by atoms with van der Waals surface area (Å²) in [6, 6.07) is 0. The standard InChI is InChI=1S/C10H20O7/c1-14-2-3-15-4-5-16-10(13)17-8-9(6-11)7-12/h9,11-12H,2-8H2,1H3. The third-order valence-electron chi connectivity index (χ3n) is 1.83. The lowest BCUT2D eigenvalue weighted by molar-refractivity contribution is 0.00248. The van der Waals surface area contributed by atoms with Gasteiger partial charge in [-0.15, -0.1) is 0 Å². The van der Waals surface area contributed by atoms with Gasteiger partial charge in [-0.1, -0.05) is 0 Å². The van der Waals surface area contributed by atoms with Crippen molar-refractivity contribution in [3.8, 4) is 0 Å². The smallest absolute Gasteiger partial charge is 0.434 e. The molecule has 0 heterocycles. The summed E-state index contributed by atoms with van der Waals surface area (Å²) in [6.07, 6.45) is -0.841. The average molecular weight is 252 g/mol. The van der Waals surface area contributed by atoms with Crippen molar-refractivity contribution in [3.63, 3.8) is 0 Å². The first kappa shape index (κ1) is 16.1. The van der Waals surface area contributed by atoms with Crippen molar-refractivity contribution >= 4 is 6.16 Å². The molecule has 0 saturated carbocycles. The van der Waals surface area contributed by atoms with Crippen LogP contribution in [0.3, 0.4) is 0 Å². The first-order valence-corrected chi connectivity index (χ1v) is 5.32. The molecule has 7 nitrogen and oxygen atoms in total. The molecule has 0 aromatic heterocycles. The van der Waals surface area contributed by atoms with Gasteiger partial charge in [-0.05, 0) is 0 Å². The predicted molar refractivity (Wildman–Crippen MR) is 57.7 cm³/mol. The van der Waals surface area contributed by atoms with E-state index in [0.29, 0.717) is 13.2 Å². The van der Waals surface area contributed by atoms with Crippen LogP contribution in [0, 0.1) is 5.92 Å². The molecule has 0 unspecified atom stereocenters. The van der Waals surface area contributed by atoms with Gasteiger partial charge in [0.05, 0.1) is 33.0 Å². The molecule has 0 amide bonds. The van der Waals surface area contributed by atoms with Crippen molar-refractivity contribution in [1.82, 2.24) is 0 Å². The van der Waals surface area contributed by atoms with Crippen molar-refractivity contribution in [1.29, 1.82) is 0 Å². The number of methoxy groups -OCH3 is 1. The highest BCUT2D eigenvalue weighted by atomic mass is 16.7. The molecule has 0 rings (SSSR count). The molecule has 0 aliphatic rings. The maximum absolute atomic E-state index is 11.0. The Balaban J connectivity index is 3.34. The molecule has 0 radical (unpaired) electrons. The van der Waals surface area contributed by atoms with Crippen LogP contribution in [0.2, 0.25) is 0 Å². The second kappa shape index (κ2) is 11.6. The van der Waals surface area contributed by atoms with E-state index in [1.807, 2.05) is 0 Å². The van der Waals surface area contributed by atoms with E-state index >= 15 is 0 Å². The van der Waals surface area contributed by atoms with Crippen LogP contribution in [0.1, 0.15) is 0 Å². The number of aliphatic hydroxyl groups is 2. The first-order chi connectivity index (χ1) is 8.24. The Morgan fingerprint density at radius 2 is 1.71 bits per heavy atom. The SMILES string of the molecule is COCCOCCOC(=O)OCC(CO)CO. The zero-order chi connectivity index (χ0) is 12.9. The minimum Gasteiger partial charge on any atom is -0.434 e. The third-order valence-corrected chi connectivity index (χ3v) is 1.83. The summed E-state index contributed by atoms with van der Waals surface area (Å²) in [4.78, 5) is 11.0. The predicted octanol–water partition coefficient (Wildman–Crippen LogP) is -0.597. The lowest BCUT2D eigenvalue weighted by Crippen LogP contribution is -2.21. The Bertz CT molecular complexity index is 181. The Hall–Kier alpha value is -0.890. The number of ether oxygens (including phenoxy) is 4. The number of carbonyl (C=O) groups is 1. The van der Waals surface area contributed by atoms with Gasteiger partial charge in [0.1, 0.15) is 13.2 Å². The molecular weight excluding hydrogens is 232 g/mol. The van der Waals surface area contributed by atoms with Crippen LogP contribution in [-0.4, -0.2) is 69.7 Å². The molecule has 2 N–H and O–H groups in total. The molecule has 0 fully saturated rings. The lowest BCUT2D eigenvalue weighted by Gasteiger charge is -2.11. The van der Waals surface area contributed by atoms with Crippen LogP contribution in [-0.2, 0) is 18.9 Å². The zero-order valence-electron chi connectivity index (χ0n) is 9.96. The highest BCUT2D eigenvalue weighted by Gasteiger charge is 2.10. The molecule has 0 aromatic rings. The summed E-state index contributed by atoms with van der Waals surface area (Å²) < 4.78 is 19.1. The van der Waals surface area contributed by atoms with Gasteiger partial charge in [0.25, 0.3) is 0 Å². The van der Waals surface area contributed by atoms with E-state index in [2.05, 4.69) is 9.47 Å². The molecule has 0 aliphatic heterocycles. The summed E-state index contributed by atoms with van der Waals surface area (Å²) in [5.41, 5.74) is 0. The maximum atomic E-state index is 11.0. The fraction of sp³-hybridized carbons (Fsp3) is 0.900. The number of rotatable bonds is 10. The molecule has 0 aromatic carbocycles. The lowest BCUT2D eigenvalue weighted by atomic mass is 10.2. The van der Waals surface area contributed by atoms with E-state index in [4.69, 9.17) is 19.7 Å². The number of hydrogen-bond acceptors (Lipinski definition) is 7. The van der Waals surface area contributed by atoms with Gasteiger partial charge in [0, 0.05) is 13.0 Å². The molecule has 0 saturated heterocycles. The average Bonchev–Trinajstić information content (AvgIpc) is 2.35. The fourth-order valence-electron chi connectivity index (χ4n) is 0.819. The van der Waals surface area contributed by atoms with E-state index in [1.54, 1.807) is 7.11 Å². The topological polar surface area (TPSA) is 94.5 Å². The summed E-state index contributed by atoms with van der Waals surface area (Å²) in [5.74, 6) is -0.472. The summed E-state index contributed by atoms with van der Waals surface area (Å²) in [5, 5.41) is 17.4. The number of carbonyl (C=O) groups excluding carboxylic acids is 1. The van der Waals surface area contributed by atoms with Gasteiger partial charge in [-0.25, -0.2) is 4.79 Å². The van der Waals surface area contributed by atoms with Crippen LogP contribution in [0.15, 0.2) is 0 Å². The van der Waals surface area contributed by atoms with Gasteiger partial charge < -0.3 is 29.2 Å². The summed E-state index contributed by atoms with van der Waals surface area (Å²) in [7, 11) is 1.57. The minimum atomic E-state index is -0.841. The molecule has 102 valence electrons. The van der Waals surface area contributed by atoms with Gasteiger partial charge >= 0.3 is 6.16 Å². The van der Waals surface area contributed by atoms with Crippen molar-refractivity contribution in [2.45, 2.75) is 0 Å². The Labute approximate surface area is 100 Å². The van der Waals surface area contributed by atoms with E-state index in [1.165, 1.54) is 0 Å². The Morgan fingerprint density at radius 3 is 2.29 bits per heavy atom. The van der Waals surface area contributed by atoms with Gasteiger partial charge in [0.15, 0.2) is 0 Å². The number of hydrogen-bond donors (Lipinski definition) is 2. The van der Waals surface area contributed by atoms with E-state index < -0.39 is 12.1 Å². The Kier molecular flexibility index (Phi) is 11.0. The third kappa shape index (κ3) is 10.0. The molecule has 0 aliphatic carbocycles. The van der Waals surface area contributed by atoms with Crippen molar-refractivity contribution < 1.29 is 34.0 Å². The Morgan fingerprint density at radius 1 is 1.06 bits per heavy atom. The van der Waals surface area contributed by atoms with E-state index in [9.17, 15) is 4.79 Å². The quantitative estimate of drug-likeness (QED) is 0.396. The fourth-order valence-corrected chi connectivity index (χ4v) is 0.819. The summed E-state index contributed by atoms with van der Waals surface area (Å²) >= 11 is 0. The highest BCUT2D eigenvalue weighted by Crippen LogP contribution is 1.96. The van der Waals surface area contributed by atoms with Crippen molar-refractivity contribution in [3.05, 3.63) is 0 Å². The van der Waals surface area contributed by atoms with Crippen LogP contribution >= 0.6 is 0 Å². The normalized spacial score (nSPS) is 10.6. The van der Waals surface area contributed by atoms with Crippen molar-refractivity contribution in [2.24, 2.45) is 5.92 Å². The number of aliphatic hydroxyl groups excluding tert-OH is 2. The van der Waals surface area contributed by atoms with E-state index in [0.717, 1.165) is 0 Å². The molecule has 7 heteroatoms. The van der Waals surface area contributed by atoms with Gasteiger partial charge in [-0.3, -0.25) is 0 Å². The monoisotopic (exact) mass is 252 g/mol. The van der Waals surface area contributed by atoms with Crippen LogP contribution in [0.5, 0.6) is 0 Å². The van der Waals surface area contributed by atoms with E-state index in [-0.39, 0.29) is 33.0 Å². The van der Waals surface area contributed by atoms with Crippen LogP contribution in [0.4, 0.5) is 4.79 Å². The van der Waals surface area contributed by atoms with Gasteiger partial charge in [0.2, 0.25) is 0 Å². The van der Waals surface area contributed by atoms with Gasteiger partial charge in [-0.2, -0.15) is 0 Å². The maximum Gasteiger partial charge on any atom is 0.508 e. The minimum absolute atomic E-state index is 0.0731. The first-order valence-electron chi connectivity index (χ1n) is 5.32. The zero-order valence-corrected chi connectivity index (χ0v) is 9.96. The van der Waals surface area contributed by atoms with Crippen LogP contribution in [0.25, 0.3) is 0 Å². The summed E-state index contributed by atoms with van der Waals surface area (Å²) in [6.45, 7) is 0.711. The molecule has 17 heavy (non-hydrogen) atoms. The molecule has 0 atom stereocenters. The highest BCUT2D eigenvalue weighted by molar-refractivity contribution is 5.59. The molecule has 0 spiro atoms. The second-order valence-corrected chi connectivity index (χ2v) is 3.25. The molecular formula is C10H20O7. The van der Waals surface area contributed by atoms with Crippen molar-refractivity contribution in [2.75, 3.05) is 53.4 Å². The largest absolute Gasteiger partial charge is 0.508 e. The van der Waals surface area contributed by atoms with Crippen LogP contribution < -0.4 is 0 Å².